The second-order valence-electron chi connectivity index (χ2n) is 10.0. The largest absolute Gasteiger partial charge is 0.496 e. The lowest BCUT2D eigenvalue weighted by atomic mass is 9.91. The molecule has 0 spiro atoms. The lowest BCUT2D eigenvalue weighted by Crippen LogP contribution is -2.40. The molecule has 1 fully saturated rings. The summed E-state index contributed by atoms with van der Waals surface area (Å²) in [6, 6.07) is 16.5. The quantitative estimate of drug-likeness (QED) is 0.304. The highest BCUT2D eigenvalue weighted by molar-refractivity contribution is 5.97. The number of ether oxygens (including phenoxy) is 2. The van der Waals surface area contributed by atoms with Crippen molar-refractivity contribution in [2.75, 3.05) is 13.7 Å². The first-order chi connectivity index (χ1) is 19.9. The second-order valence-corrected chi connectivity index (χ2v) is 10.0. The number of carbonyl (C=O) groups is 3. The Labute approximate surface area is 241 Å². The molecule has 1 saturated heterocycles. The molecule has 4 rings (SSSR count). The van der Waals surface area contributed by atoms with E-state index in [2.05, 4.69) is 0 Å². The van der Waals surface area contributed by atoms with Gasteiger partial charge < -0.3 is 19.5 Å². The molecule has 3 aromatic rings. The number of cyclic esters (lactones) is 1. The van der Waals surface area contributed by atoms with Gasteiger partial charge in [0.2, 0.25) is 5.91 Å². The molecule has 0 radical (unpaired) electrons. The van der Waals surface area contributed by atoms with Crippen molar-refractivity contribution in [3.63, 3.8) is 0 Å². The number of imide groups is 1. The van der Waals surface area contributed by atoms with Crippen LogP contribution in [0.4, 0.5) is 22.8 Å². The third-order valence-electron chi connectivity index (χ3n) is 7.47. The van der Waals surface area contributed by atoms with Gasteiger partial charge in [0.15, 0.2) is 0 Å². The zero-order valence-corrected chi connectivity index (χ0v) is 23.5. The number of carboxylic acid groups (broad SMARTS) is 1. The molecule has 0 aliphatic carbocycles. The van der Waals surface area contributed by atoms with E-state index in [0.717, 1.165) is 27.5 Å². The van der Waals surface area contributed by atoms with Crippen LogP contribution >= 0.6 is 0 Å². The lowest BCUT2D eigenvalue weighted by molar-refractivity contribution is -0.137. The Morgan fingerprint density at radius 1 is 1.07 bits per heavy atom. The number of amides is 3. The number of hydrogen-bond donors (Lipinski definition) is 1. The number of halogens is 3. The molecule has 3 amide bonds. The molecule has 8 nitrogen and oxygen atoms in total. The van der Waals surface area contributed by atoms with Crippen molar-refractivity contribution in [3.05, 3.63) is 89.0 Å². The fourth-order valence-corrected chi connectivity index (χ4v) is 5.09. The smallest absolute Gasteiger partial charge is 0.417 e. The molecular formula is C31H31F3N2O6. The van der Waals surface area contributed by atoms with Crippen molar-refractivity contribution in [3.8, 4) is 16.9 Å². The molecule has 1 N–H and O–H groups in total. The van der Waals surface area contributed by atoms with Crippen LogP contribution in [0.1, 0.15) is 55.0 Å². The lowest BCUT2D eigenvalue weighted by Gasteiger charge is -2.24. The summed E-state index contributed by atoms with van der Waals surface area (Å²) in [6.45, 7) is 4.69. The summed E-state index contributed by atoms with van der Waals surface area (Å²) in [7, 11) is 1.40. The van der Waals surface area contributed by atoms with Crippen LogP contribution in [0.25, 0.3) is 11.1 Å². The van der Waals surface area contributed by atoms with Crippen molar-refractivity contribution in [2.45, 2.75) is 51.6 Å². The summed E-state index contributed by atoms with van der Waals surface area (Å²) in [5.74, 6) is -1.02. The van der Waals surface area contributed by atoms with Gasteiger partial charge in [-0.25, -0.2) is 14.5 Å². The van der Waals surface area contributed by atoms with Gasteiger partial charge in [-0.1, -0.05) is 42.5 Å². The first kappa shape index (κ1) is 30.4. The van der Waals surface area contributed by atoms with E-state index in [9.17, 15) is 32.7 Å². The number of benzene rings is 3. The summed E-state index contributed by atoms with van der Waals surface area (Å²) < 4.78 is 51.8. The van der Waals surface area contributed by atoms with Gasteiger partial charge in [0, 0.05) is 18.7 Å². The zero-order valence-electron chi connectivity index (χ0n) is 23.5. The minimum absolute atomic E-state index is 0.0574. The standard InChI is InChI=1S/C31H31F3N2O6/c1-5-35(29(38)39)17-22-15-23(31(32,33)34)12-13-24(22)25-16-21(11-14-26(25)41-4)18(2)28(37)36-19(3)27(42-30(36)40)20-9-7-6-8-10-20/h6-16,18-19,27H,5,17H2,1-4H3,(H,38,39)/t18-,19-,27-/m1/s1. The van der Waals surface area contributed by atoms with Crippen LogP contribution in [0, 0.1) is 0 Å². The van der Waals surface area contributed by atoms with E-state index in [1.807, 2.05) is 30.3 Å². The maximum absolute atomic E-state index is 13.6. The van der Waals surface area contributed by atoms with Crippen molar-refractivity contribution in [1.82, 2.24) is 9.80 Å². The van der Waals surface area contributed by atoms with Crippen molar-refractivity contribution >= 4 is 18.1 Å². The van der Waals surface area contributed by atoms with E-state index >= 15 is 0 Å². The predicted octanol–water partition coefficient (Wildman–Crippen LogP) is 7.09. The van der Waals surface area contributed by atoms with E-state index < -0.39 is 47.9 Å². The highest BCUT2D eigenvalue weighted by Crippen LogP contribution is 2.40. The second kappa shape index (κ2) is 12.1. The Balaban J connectivity index is 1.72. The molecule has 0 bridgehead atoms. The number of carbonyl (C=O) groups excluding carboxylic acids is 2. The molecule has 222 valence electrons. The number of rotatable bonds is 8. The fourth-order valence-electron chi connectivity index (χ4n) is 5.09. The molecular weight excluding hydrogens is 553 g/mol. The van der Waals surface area contributed by atoms with Crippen LogP contribution in [0.5, 0.6) is 5.75 Å². The van der Waals surface area contributed by atoms with Gasteiger partial charge in [-0.3, -0.25) is 4.79 Å². The zero-order chi connectivity index (χ0) is 30.8. The monoisotopic (exact) mass is 584 g/mol. The van der Waals surface area contributed by atoms with Crippen LogP contribution in [0.15, 0.2) is 66.7 Å². The molecule has 3 aromatic carbocycles. The van der Waals surface area contributed by atoms with Gasteiger partial charge in [0.1, 0.15) is 11.9 Å². The minimum Gasteiger partial charge on any atom is -0.496 e. The average molecular weight is 585 g/mol. The van der Waals surface area contributed by atoms with Gasteiger partial charge >= 0.3 is 18.4 Å². The van der Waals surface area contributed by atoms with E-state index in [1.165, 1.54) is 13.2 Å². The topological polar surface area (TPSA) is 96.4 Å². The van der Waals surface area contributed by atoms with Crippen molar-refractivity contribution in [1.29, 1.82) is 0 Å². The third kappa shape index (κ3) is 6.05. The van der Waals surface area contributed by atoms with Gasteiger partial charge in [0.25, 0.3) is 0 Å². The van der Waals surface area contributed by atoms with Crippen LogP contribution < -0.4 is 4.74 Å². The maximum atomic E-state index is 13.6. The summed E-state index contributed by atoms with van der Waals surface area (Å²) in [5.41, 5.74) is 1.13. The molecule has 42 heavy (non-hydrogen) atoms. The number of nitrogens with zero attached hydrogens (tertiary/aromatic N) is 2. The van der Waals surface area contributed by atoms with Crippen LogP contribution in [0.3, 0.4) is 0 Å². The maximum Gasteiger partial charge on any atom is 0.417 e. The Morgan fingerprint density at radius 3 is 2.36 bits per heavy atom. The molecule has 1 aliphatic rings. The van der Waals surface area contributed by atoms with Crippen LogP contribution in [-0.4, -0.2) is 52.7 Å². The number of hydrogen-bond acceptors (Lipinski definition) is 5. The van der Waals surface area contributed by atoms with E-state index in [0.29, 0.717) is 22.4 Å². The van der Waals surface area contributed by atoms with Gasteiger partial charge in [-0.05, 0) is 67.3 Å². The van der Waals surface area contributed by atoms with Gasteiger partial charge in [0.05, 0.1) is 24.6 Å². The Hall–Kier alpha value is -4.54. The van der Waals surface area contributed by atoms with Gasteiger partial charge in [-0.2, -0.15) is 13.2 Å². The van der Waals surface area contributed by atoms with Crippen molar-refractivity contribution in [2.24, 2.45) is 0 Å². The minimum atomic E-state index is -4.64. The van der Waals surface area contributed by atoms with Crippen LogP contribution in [-0.2, 0) is 22.3 Å². The normalized spacial score (nSPS) is 17.5. The van der Waals surface area contributed by atoms with Crippen molar-refractivity contribution < 1.29 is 42.1 Å². The Kier molecular flexibility index (Phi) is 8.79. The summed E-state index contributed by atoms with van der Waals surface area (Å²) in [6.07, 6.45) is -7.31. The number of alkyl halides is 3. The Bertz CT molecular complexity index is 1480. The fraction of sp³-hybridized carbons (Fsp3) is 0.323. The molecule has 0 aromatic heterocycles. The summed E-state index contributed by atoms with van der Waals surface area (Å²) in [5, 5.41) is 9.54. The summed E-state index contributed by atoms with van der Waals surface area (Å²) in [4.78, 5) is 40.2. The highest BCUT2D eigenvalue weighted by atomic mass is 19.4. The SMILES string of the molecule is CCN(Cc1cc(C(F)(F)F)ccc1-c1cc([C@@H](C)C(=O)N2C(=O)O[C@@H](c3ccccc3)[C@H]2C)ccc1OC)C(=O)O. The molecule has 1 aliphatic heterocycles. The first-order valence-corrected chi connectivity index (χ1v) is 13.3. The number of methoxy groups -OCH3 is 1. The Morgan fingerprint density at radius 2 is 1.76 bits per heavy atom. The van der Waals surface area contributed by atoms with Crippen LogP contribution in [0.2, 0.25) is 0 Å². The predicted molar refractivity (Wildman–Crippen MR) is 148 cm³/mol. The third-order valence-corrected chi connectivity index (χ3v) is 7.47. The average Bonchev–Trinajstić information content (AvgIpc) is 3.27. The molecule has 0 unspecified atom stereocenters. The van der Waals surface area contributed by atoms with E-state index in [4.69, 9.17) is 9.47 Å². The molecule has 0 saturated carbocycles. The van der Waals surface area contributed by atoms with Gasteiger partial charge in [-0.15, -0.1) is 0 Å². The van der Waals surface area contributed by atoms with E-state index in [1.54, 1.807) is 39.0 Å². The molecule has 11 heteroatoms. The molecule has 3 atom stereocenters. The molecule has 1 heterocycles. The summed E-state index contributed by atoms with van der Waals surface area (Å²) >= 11 is 0. The highest BCUT2D eigenvalue weighted by Gasteiger charge is 2.44. The first-order valence-electron chi connectivity index (χ1n) is 13.3. The van der Waals surface area contributed by atoms with E-state index in [-0.39, 0.29) is 18.7 Å².